The highest BCUT2D eigenvalue weighted by atomic mass is 16.6. The number of rotatable bonds is 3. The molecule has 2 fully saturated rings. The summed E-state index contributed by atoms with van der Waals surface area (Å²) >= 11 is 0. The lowest BCUT2D eigenvalue weighted by Gasteiger charge is -2.42. The van der Waals surface area contributed by atoms with Crippen molar-refractivity contribution >= 4 is 11.4 Å². The molecule has 3 rings (SSSR count). The minimum atomic E-state index is -0.341. The van der Waals surface area contributed by atoms with E-state index >= 15 is 0 Å². The Morgan fingerprint density at radius 1 is 1.09 bits per heavy atom. The highest BCUT2D eigenvalue weighted by Crippen LogP contribution is 2.28. The second-order valence-electron chi connectivity index (χ2n) is 6.72. The van der Waals surface area contributed by atoms with Gasteiger partial charge in [0.05, 0.1) is 4.92 Å². The van der Waals surface area contributed by atoms with Crippen molar-refractivity contribution in [1.82, 2.24) is 4.90 Å². The highest BCUT2D eigenvalue weighted by Gasteiger charge is 2.27. The summed E-state index contributed by atoms with van der Waals surface area (Å²) in [5, 5.41) is 10.7. The van der Waals surface area contributed by atoms with Crippen LogP contribution >= 0.6 is 0 Å². The predicted molar refractivity (Wildman–Crippen MR) is 88.3 cm³/mol. The zero-order valence-corrected chi connectivity index (χ0v) is 13.3. The van der Waals surface area contributed by atoms with E-state index in [2.05, 4.69) is 16.7 Å². The first-order valence-corrected chi connectivity index (χ1v) is 8.37. The fourth-order valence-electron chi connectivity index (χ4n) is 3.86. The Labute approximate surface area is 132 Å². The first-order valence-electron chi connectivity index (χ1n) is 8.37. The lowest BCUT2D eigenvalue weighted by molar-refractivity contribution is -0.384. The molecule has 0 spiro atoms. The van der Waals surface area contributed by atoms with E-state index in [1.165, 1.54) is 25.7 Å². The second-order valence-corrected chi connectivity index (χ2v) is 6.72. The minimum absolute atomic E-state index is 0.165. The van der Waals surface area contributed by atoms with Crippen LogP contribution in [0.4, 0.5) is 11.4 Å². The van der Waals surface area contributed by atoms with E-state index in [0.717, 1.165) is 43.8 Å². The Hall–Kier alpha value is -1.62. The molecule has 1 aromatic carbocycles. The lowest BCUT2D eigenvalue weighted by atomic mass is 9.86. The molecule has 1 saturated carbocycles. The average molecular weight is 303 g/mol. The zero-order chi connectivity index (χ0) is 15.5. The number of nitro groups is 1. The number of hydrogen-bond donors (Lipinski definition) is 0. The van der Waals surface area contributed by atoms with Crippen molar-refractivity contribution in [1.29, 1.82) is 0 Å². The molecule has 0 radical (unpaired) electrons. The van der Waals surface area contributed by atoms with Gasteiger partial charge >= 0.3 is 0 Å². The molecule has 120 valence electrons. The van der Waals surface area contributed by atoms with E-state index in [1.54, 1.807) is 12.1 Å². The molecular weight excluding hydrogens is 278 g/mol. The second kappa shape index (κ2) is 6.65. The highest BCUT2D eigenvalue weighted by molar-refractivity contribution is 5.51. The number of nitrogens with zero attached hydrogens (tertiary/aromatic N) is 3. The van der Waals surface area contributed by atoms with Gasteiger partial charge < -0.3 is 4.90 Å². The van der Waals surface area contributed by atoms with Crippen molar-refractivity contribution < 1.29 is 4.92 Å². The maximum Gasteiger partial charge on any atom is 0.269 e. The van der Waals surface area contributed by atoms with Gasteiger partial charge in [0.15, 0.2) is 0 Å². The Kier molecular flexibility index (Phi) is 4.62. The molecule has 1 aromatic rings. The first kappa shape index (κ1) is 15.3. The maximum atomic E-state index is 10.7. The quantitative estimate of drug-likeness (QED) is 0.635. The number of benzene rings is 1. The number of piperazine rings is 1. The minimum Gasteiger partial charge on any atom is -0.369 e. The van der Waals surface area contributed by atoms with E-state index in [4.69, 9.17) is 0 Å². The van der Waals surface area contributed by atoms with Crippen molar-refractivity contribution in [2.75, 3.05) is 31.1 Å². The summed E-state index contributed by atoms with van der Waals surface area (Å²) in [6.45, 7) is 6.62. The van der Waals surface area contributed by atoms with Gasteiger partial charge in [-0.1, -0.05) is 19.8 Å². The third kappa shape index (κ3) is 3.40. The molecular formula is C17H25N3O2. The summed E-state index contributed by atoms with van der Waals surface area (Å²) in [5.41, 5.74) is 1.26. The van der Waals surface area contributed by atoms with E-state index in [0.29, 0.717) is 0 Å². The van der Waals surface area contributed by atoms with E-state index in [9.17, 15) is 10.1 Å². The molecule has 0 N–H and O–H groups in total. The van der Waals surface area contributed by atoms with Crippen molar-refractivity contribution in [3.63, 3.8) is 0 Å². The third-order valence-corrected chi connectivity index (χ3v) is 5.17. The van der Waals surface area contributed by atoms with Crippen molar-refractivity contribution in [2.45, 2.75) is 38.6 Å². The first-order chi connectivity index (χ1) is 10.6. The molecule has 0 bridgehead atoms. The van der Waals surface area contributed by atoms with Crippen LogP contribution in [0.15, 0.2) is 24.3 Å². The monoisotopic (exact) mass is 303 g/mol. The molecule has 2 aliphatic rings. The Balaban J connectivity index is 1.56. The summed E-state index contributed by atoms with van der Waals surface area (Å²) in [6, 6.07) is 7.71. The van der Waals surface area contributed by atoms with Gasteiger partial charge in [0.1, 0.15) is 0 Å². The number of nitro benzene ring substituents is 1. The fraction of sp³-hybridized carbons (Fsp3) is 0.647. The molecule has 0 aromatic heterocycles. The van der Waals surface area contributed by atoms with E-state index in [-0.39, 0.29) is 10.6 Å². The van der Waals surface area contributed by atoms with Gasteiger partial charge in [-0.15, -0.1) is 0 Å². The number of hydrogen-bond acceptors (Lipinski definition) is 4. The topological polar surface area (TPSA) is 49.6 Å². The molecule has 2 unspecified atom stereocenters. The largest absolute Gasteiger partial charge is 0.369 e. The SMILES string of the molecule is CC1CCCC(N2CCN(c3ccc([N+](=O)[O-])cc3)CC2)C1. The van der Waals surface area contributed by atoms with E-state index in [1.807, 2.05) is 12.1 Å². The Morgan fingerprint density at radius 2 is 1.77 bits per heavy atom. The standard InChI is InChI=1S/C17H25N3O2/c1-14-3-2-4-17(13-14)19-11-9-18(10-12-19)15-5-7-16(8-6-15)20(21)22/h5-8,14,17H,2-4,9-13H2,1H3. The lowest BCUT2D eigenvalue weighted by Crippen LogP contribution is -2.51. The summed E-state index contributed by atoms with van der Waals surface area (Å²) < 4.78 is 0. The Morgan fingerprint density at radius 3 is 2.36 bits per heavy atom. The van der Waals surface area contributed by atoms with Crippen LogP contribution in [-0.4, -0.2) is 42.0 Å². The van der Waals surface area contributed by atoms with Crippen LogP contribution in [0.25, 0.3) is 0 Å². The fourth-order valence-corrected chi connectivity index (χ4v) is 3.86. The molecule has 0 amide bonds. The Bertz CT molecular complexity index is 509. The van der Waals surface area contributed by atoms with Crippen LogP contribution < -0.4 is 4.90 Å². The van der Waals surface area contributed by atoms with Crippen molar-refractivity contribution in [2.24, 2.45) is 5.92 Å². The van der Waals surface area contributed by atoms with Gasteiger partial charge in [0.2, 0.25) is 0 Å². The molecule has 1 aliphatic carbocycles. The predicted octanol–water partition coefficient (Wildman–Crippen LogP) is 3.30. The summed E-state index contributed by atoms with van der Waals surface area (Å²) in [5.74, 6) is 0.867. The maximum absolute atomic E-state index is 10.7. The summed E-state index contributed by atoms with van der Waals surface area (Å²) in [4.78, 5) is 15.4. The van der Waals surface area contributed by atoms with Crippen LogP contribution in [-0.2, 0) is 0 Å². The average Bonchev–Trinajstić information content (AvgIpc) is 2.55. The smallest absolute Gasteiger partial charge is 0.269 e. The molecule has 1 saturated heterocycles. The van der Waals surface area contributed by atoms with Gasteiger partial charge in [-0.25, -0.2) is 0 Å². The molecule has 5 heteroatoms. The number of anilines is 1. The van der Waals surface area contributed by atoms with Crippen molar-refractivity contribution in [3.8, 4) is 0 Å². The van der Waals surface area contributed by atoms with Gasteiger partial charge in [0.25, 0.3) is 5.69 Å². The van der Waals surface area contributed by atoms with Crippen LogP contribution in [0.1, 0.15) is 32.6 Å². The molecule has 5 nitrogen and oxygen atoms in total. The van der Waals surface area contributed by atoms with Gasteiger partial charge in [-0.2, -0.15) is 0 Å². The third-order valence-electron chi connectivity index (χ3n) is 5.17. The van der Waals surface area contributed by atoms with Gasteiger partial charge in [-0.05, 0) is 30.9 Å². The van der Waals surface area contributed by atoms with Gasteiger partial charge in [-0.3, -0.25) is 15.0 Å². The summed E-state index contributed by atoms with van der Waals surface area (Å²) in [7, 11) is 0. The zero-order valence-electron chi connectivity index (χ0n) is 13.3. The van der Waals surface area contributed by atoms with Crippen LogP contribution in [0.2, 0.25) is 0 Å². The summed E-state index contributed by atoms with van der Waals surface area (Å²) in [6.07, 6.45) is 5.45. The van der Waals surface area contributed by atoms with E-state index < -0.39 is 0 Å². The van der Waals surface area contributed by atoms with Crippen molar-refractivity contribution in [3.05, 3.63) is 34.4 Å². The van der Waals surface area contributed by atoms with Crippen LogP contribution in [0, 0.1) is 16.0 Å². The molecule has 2 atom stereocenters. The molecule has 1 heterocycles. The van der Waals surface area contributed by atoms with Crippen LogP contribution in [0.5, 0.6) is 0 Å². The normalized spacial score (nSPS) is 26.9. The molecule has 22 heavy (non-hydrogen) atoms. The number of non-ortho nitro benzene ring substituents is 1. The molecule has 1 aliphatic heterocycles. The van der Waals surface area contributed by atoms with Crippen LogP contribution in [0.3, 0.4) is 0 Å². The van der Waals surface area contributed by atoms with Gasteiger partial charge in [0, 0.05) is 50.0 Å².